The predicted molar refractivity (Wildman–Crippen MR) is 93.4 cm³/mol. The van der Waals surface area contributed by atoms with Gasteiger partial charge in [0, 0.05) is 34.9 Å². The maximum Gasteiger partial charge on any atom is 0.119 e. The average Bonchev–Trinajstić information content (AvgIpc) is 3.07. The molecule has 0 N–H and O–H groups in total. The molecule has 0 fully saturated rings. The van der Waals surface area contributed by atoms with Gasteiger partial charge in [0.05, 0.1) is 12.9 Å². The molecule has 5 heteroatoms. The van der Waals surface area contributed by atoms with Gasteiger partial charge in [0.15, 0.2) is 0 Å². The molecule has 23 heavy (non-hydrogen) atoms. The van der Waals surface area contributed by atoms with E-state index < -0.39 is 0 Å². The first-order valence-corrected chi connectivity index (χ1v) is 8.06. The first-order chi connectivity index (χ1) is 11.2. The minimum absolute atomic E-state index is 0.192. The van der Waals surface area contributed by atoms with Gasteiger partial charge in [-0.3, -0.25) is 0 Å². The molecule has 0 saturated heterocycles. The third-order valence-electron chi connectivity index (χ3n) is 3.60. The summed E-state index contributed by atoms with van der Waals surface area (Å²) in [6, 6.07) is 15.3. The van der Waals surface area contributed by atoms with Crippen LogP contribution in [0.1, 0.15) is 11.5 Å². The molecule has 0 radical (unpaired) electrons. The number of hydrogen-bond donors (Lipinski definition) is 0. The van der Waals surface area contributed by atoms with Crippen molar-refractivity contribution < 1.29 is 4.74 Å². The Kier molecular flexibility index (Phi) is 5.21. The zero-order valence-corrected chi connectivity index (χ0v) is 13.9. The van der Waals surface area contributed by atoms with E-state index in [1.165, 1.54) is 5.56 Å². The Morgan fingerprint density at radius 3 is 2.22 bits per heavy atom. The van der Waals surface area contributed by atoms with Gasteiger partial charge < -0.3 is 9.30 Å². The van der Waals surface area contributed by atoms with Gasteiger partial charge in [-0.15, -0.1) is 0 Å². The molecule has 3 nitrogen and oxygen atoms in total. The summed E-state index contributed by atoms with van der Waals surface area (Å²) in [4.78, 5) is 4.10. The van der Waals surface area contributed by atoms with Crippen molar-refractivity contribution >= 4 is 23.2 Å². The molecule has 0 aliphatic carbocycles. The number of aromatic nitrogens is 2. The molecule has 0 aliphatic rings. The summed E-state index contributed by atoms with van der Waals surface area (Å²) in [5.74, 6) is 0.996. The summed E-state index contributed by atoms with van der Waals surface area (Å²) in [6.07, 6.45) is 5.54. The van der Waals surface area contributed by atoms with Gasteiger partial charge in [-0.25, -0.2) is 4.98 Å². The second kappa shape index (κ2) is 7.53. The lowest BCUT2D eigenvalue weighted by atomic mass is 10.00. The first kappa shape index (κ1) is 15.9. The largest absolute Gasteiger partial charge is 0.493 e. The van der Waals surface area contributed by atoms with Crippen LogP contribution in [0, 0.1) is 0 Å². The van der Waals surface area contributed by atoms with Crippen molar-refractivity contribution in [3.05, 3.63) is 82.9 Å². The number of ether oxygens (including phenoxy) is 1. The quantitative estimate of drug-likeness (QED) is 0.624. The van der Waals surface area contributed by atoms with Crippen molar-refractivity contribution in [1.82, 2.24) is 9.55 Å². The summed E-state index contributed by atoms with van der Waals surface area (Å²) >= 11 is 11.9. The van der Waals surface area contributed by atoms with Gasteiger partial charge in [-0.05, 0) is 42.0 Å². The van der Waals surface area contributed by atoms with Crippen molar-refractivity contribution in [2.75, 3.05) is 6.61 Å². The Morgan fingerprint density at radius 1 is 0.957 bits per heavy atom. The van der Waals surface area contributed by atoms with Crippen LogP contribution < -0.4 is 4.74 Å². The van der Waals surface area contributed by atoms with Crippen LogP contribution in [0.4, 0.5) is 0 Å². The van der Waals surface area contributed by atoms with E-state index in [0.29, 0.717) is 11.6 Å². The van der Waals surface area contributed by atoms with Crippen LogP contribution in [0.15, 0.2) is 67.3 Å². The molecule has 2 aromatic carbocycles. The fourth-order valence-corrected chi connectivity index (χ4v) is 2.62. The maximum absolute atomic E-state index is 5.99. The predicted octanol–water partition coefficient (Wildman–Crippen LogP) is 5.05. The number of halogens is 2. The molecule has 1 atom stereocenters. The molecule has 0 aliphatic heterocycles. The normalized spacial score (nSPS) is 12.1. The van der Waals surface area contributed by atoms with E-state index in [1.807, 2.05) is 65.6 Å². The maximum atomic E-state index is 5.99. The SMILES string of the molecule is Clc1ccc(OCC(Cn2ccnc2)c2ccc(Cl)cc2)cc1. The number of hydrogen-bond acceptors (Lipinski definition) is 2. The Morgan fingerprint density at radius 2 is 1.61 bits per heavy atom. The van der Waals surface area contributed by atoms with E-state index in [0.717, 1.165) is 17.3 Å². The zero-order chi connectivity index (χ0) is 16.1. The van der Waals surface area contributed by atoms with Gasteiger partial charge in [-0.1, -0.05) is 35.3 Å². The van der Waals surface area contributed by atoms with Crippen molar-refractivity contribution in [2.45, 2.75) is 12.5 Å². The molecule has 1 heterocycles. The van der Waals surface area contributed by atoms with Crippen molar-refractivity contribution in [3.8, 4) is 5.75 Å². The highest BCUT2D eigenvalue weighted by Gasteiger charge is 2.14. The fourth-order valence-electron chi connectivity index (χ4n) is 2.37. The molecule has 3 rings (SSSR count). The van der Waals surface area contributed by atoms with Gasteiger partial charge >= 0.3 is 0 Å². The van der Waals surface area contributed by atoms with Gasteiger partial charge in [0.1, 0.15) is 5.75 Å². The minimum atomic E-state index is 0.192. The summed E-state index contributed by atoms with van der Waals surface area (Å²) in [6.45, 7) is 1.34. The zero-order valence-electron chi connectivity index (χ0n) is 12.4. The molecule has 0 saturated carbocycles. The molecular weight excluding hydrogens is 331 g/mol. The topological polar surface area (TPSA) is 27.1 Å². The second-order valence-electron chi connectivity index (χ2n) is 5.27. The highest BCUT2D eigenvalue weighted by molar-refractivity contribution is 6.30. The average molecular weight is 347 g/mol. The Hall–Kier alpha value is -1.97. The molecule has 3 aromatic rings. The summed E-state index contributed by atoms with van der Waals surface area (Å²) in [7, 11) is 0. The number of nitrogens with zero attached hydrogens (tertiary/aromatic N) is 2. The first-order valence-electron chi connectivity index (χ1n) is 7.30. The molecular formula is C18H16Cl2N2O. The number of benzene rings is 2. The van der Waals surface area contributed by atoms with Crippen molar-refractivity contribution in [2.24, 2.45) is 0 Å². The molecule has 1 unspecified atom stereocenters. The molecule has 1 aromatic heterocycles. The third-order valence-corrected chi connectivity index (χ3v) is 4.10. The minimum Gasteiger partial charge on any atom is -0.493 e. The van der Waals surface area contributed by atoms with E-state index >= 15 is 0 Å². The summed E-state index contributed by atoms with van der Waals surface area (Å²) in [5, 5.41) is 1.43. The highest BCUT2D eigenvalue weighted by atomic mass is 35.5. The Labute approximate surface area is 145 Å². The monoisotopic (exact) mass is 346 g/mol. The Bertz CT molecular complexity index is 725. The van der Waals surface area contributed by atoms with Gasteiger partial charge in [0.2, 0.25) is 0 Å². The molecule has 0 bridgehead atoms. The number of imidazole rings is 1. The van der Waals surface area contributed by atoms with Crippen LogP contribution >= 0.6 is 23.2 Å². The third kappa shape index (κ3) is 4.50. The van der Waals surface area contributed by atoms with Crippen LogP contribution in [0.2, 0.25) is 10.0 Å². The lowest BCUT2D eigenvalue weighted by Gasteiger charge is -2.19. The fraction of sp³-hybridized carbons (Fsp3) is 0.167. The van der Waals surface area contributed by atoms with Gasteiger partial charge in [-0.2, -0.15) is 0 Å². The van der Waals surface area contributed by atoms with E-state index in [4.69, 9.17) is 27.9 Å². The summed E-state index contributed by atoms with van der Waals surface area (Å²) < 4.78 is 7.98. The van der Waals surface area contributed by atoms with Crippen LogP contribution in [-0.2, 0) is 6.54 Å². The standard InChI is InChI=1S/C18H16Cl2N2O/c19-16-3-1-14(2-4-16)15(11-22-10-9-21-13-22)12-23-18-7-5-17(20)6-8-18/h1-10,13,15H,11-12H2. The molecule has 118 valence electrons. The van der Waals surface area contributed by atoms with E-state index in [9.17, 15) is 0 Å². The van der Waals surface area contributed by atoms with E-state index in [2.05, 4.69) is 4.98 Å². The smallest absolute Gasteiger partial charge is 0.119 e. The highest BCUT2D eigenvalue weighted by Crippen LogP contribution is 2.23. The van der Waals surface area contributed by atoms with Crippen LogP contribution in [-0.4, -0.2) is 16.2 Å². The summed E-state index contributed by atoms with van der Waals surface area (Å²) in [5.41, 5.74) is 1.18. The van der Waals surface area contributed by atoms with E-state index in [1.54, 1.807) is 6.20 Å². The molecule has 0 amide bonds. The molecule has 0 spiro atoms. The number of rotatable bonds is 6. The van der Waals surface area contributed by atoms with Crippen LogP contribution in [0.25, 0.3) is 0 Å². The van der Waals surface area contributed by atoms with E-state index in [-0.39, 0.29) is 5.92 Å². The lowest BCUT2D eigenvalue weighted by molar-refractivity contribution is 0.275. The Balaban J connectivity index is 1.74. The van der Waals surface area contributed by atoms with Crippen LogP contribution in [0.3, 0.4) is 0 Å². The van der Waals surface area contributed by atoms with Crippen LogP contribution in [0.5, 0.6) is 5.75 Å². The van der Waals surface area contributed by atoms with Crippen molar-refractivity contribution in [3.63, 3.8) is 0 Å². The lowest BCUT2D eigenvalue weighted by Crippen LogP contribution is -2.16. The second-order valence-corrected chi connectivity index (χ2v) is 6.15. The van der Waals surface area contributed by atoms with Crippen molar-refractivity contribution in [1.29, 1.82) is 0 Å². The van der Waals surface area contributed by atoms with Gasteiger partial charge in [0.25, 0.3) is 0 Å².